The molecular weight excluding hydrogens is 388 g/mol. The molecule has 0 bridgehead atoms. The minimum atomic E-state index is -0.241. The Labute approximate surface area is 189 Å². The number of hydrogen-bond acceptors (Lipinski definition) is 4. The molecule has 0 radical (unpaired) electrons. The first-order chi connectivity index (χ1) is 15.3. The molecule has 2 fully saturated rings. The van der Waals surface area contributed by atoms with Crippen LogP contribution in [0.2, 0.25) is 0 Å². The lowest BCUT2D eigenvalue weighted by Gasteiger charge is -2.26. The van der Waals surface area contributed by atoms with Crippen LogP contribution in [0.15, 0.2) is 30.3 Å². The fraction of sp³-hybridized carbons (Fsp3) is 0.741. The zero-order valence-electron chi connectivity index (χ0n) is 19.4. The Balaban J connectivity index is 1.44. The molecule has 0 aromatic heterocycles. The molecule has 2 saturated heterocycles. The molecule has 31 heavy (non-hydrogen) atoms. The second-order valence-electron chi connectivity index (χ2n) is 9.32. The van der Waals surface area contributed by atoms with E-state index in [-0.39, 0.29) is 30.5 Å². The average Bonchev–Trinajstić information content (AvgIpc) is 3.48. The van der Waals surface area contributed by atoms with Crippen LogP contribution in [0.5, 0.6) is 0 Å². The summed E-state index contributed by atoms with van der Waals surface area (Å²) in [6.45, 7) is 2.91. The van der Waals surface area contributed by atoms with E-state index in [1.54, 1.807) is 0 Å². The number of rotatable bonds is 15. The maximum Gasteiger partial charge on any atom is 0.148 e. The lowest BCUT2D eigenvalue weighted by molar-refractivity contribution is -0.127. The summed E-state index contributed by atoms with van der Waals surface area (Å²) in [5, 5.41) is 0. The first-order valence-electron chi connectivity index (χ1n) is 12.7. The molecule has 1 aromatic carbocycles. The molecule has 3 rings (SSSR count). The Hall–Kier alpha value is -1.23. The molecule has 4 heteroatoms. The third kappa shape index (κ3) is 8.32. The lowest BCUT2D eigenvalue weighted by atomic mass is 10.0. The standard InChI is InChI=1S/C27H42O4/c1-2-3-4-5-6-7-8-12-15-24(29-21-22-13-10-9-11-14-22)25-18-19-27(31-25)26-17-16-23(20-28)30-26/h9-11,13-14,20,23-27H,2-8,12,15-19,21H2,1H3/t23-,24+,25-,26-,27-/m1/s1. The first-order valence-corrected chi connectivity index (χ1v) is 12.7. The Morgan fingerprint density at radius 2 is 1.58 bits per heavy atom. The number of carbonyl (C=O) groups excluding carboxylic acids is 1. The van der Waals surface area contributed by atoms with Crippen LogP contribution in [0.4, 0.5) is 0 Å². The highest BCUT2D eigenvalue weighted by Gasteiger charge is 2.39. The summed E-state index contributed by atoms with van der Waals surface area (Å²) >= 11 is 0. The van der Waals surface area contributed by atoms with Crippen molar-refractivity contribution in [1.82, 2.24) is 0 Å². The highest BCUT2D eigenvalue weighted by molar-refractivity contribution is 5.56. The van der Waals surface area contributed by atoms with E-state index in [1.807, 2.05) is 6.07 Å². The Morgan fingerprint density at radius 3 is 2.29 bits per heavy atom. The first kappa shape index (κ1) is 24.4. The minimum Gasteiger partial charge on any atom is -0.371 e. The van der Waals surface area contributed by atoms with Gasteiger partial charge in [0.2, 0.25) is 0 Å². The van der Waals surface area contributed by atoms with E-state index >= 15 is 0 Å². The molecule has 5 atom stereocenters. The summed E-state index contributed by atoms with van der Waals surface area (Å²) in [6.07, 6.45) is 16.6. The molecule has 0 unspecified atom stereocenters. The normalized spacial score (nSPS) is 26.9. The largest absolute Gasteiger partial charge is 0.371 e. The minimum absolute atomic E-state index is 0.0677. The van der Waals surface area contributed by atoms with Crippen LogP contribution in [0.3, 0.4) is 0 Å². The SMILES string of the molecule is CCCCCCCCCC[C@H](OCc1ccccc1)[C@H]1CC[C@H]([C@H]2CC[C@H](C=O)O2)O1. The van der Waals surface area contributed by atoms with Crippen molar-refractivity contribution < 1.29 is 19.0 Å². The molecular formula is C27H42O4. The quantitative estimate of drug-likeness (QED) is 0.239. The average molecular weight is 431 g/mol. The van der Waals surface area contributed by atoms with Crippen LogP contribution >= 0.6 is 0 Å². The van der Waals surface area contributed by atoms with Gasteiger partial charge in [0, 0.05) is 0 Å². The zero-order chi connectivity index (χ0) is 21.7. The van der Waals surface area contributed by atoms with Crippen LogP contribution in [-0.4, -0.2) is 36.8 Å². The summed E-state index contributed by atoms with van der Waals surface area (Å²) in [4.78, 5) is 11.0. The zero-order valence-corrected chi connectivity index (χ0v) is 19.4. The maximum absolute atomic E-state index is 11.0. The van der Waals surface area contributed by atoms with Gasteiger partial charge in [0.15, 0.2) is 0 Å². The van der Waals surface area contributed by atoms with Crippen molar-refractivity contribution in [2.45, 2.75) is 128 Å². The highest BCUT2D eigenvalue weighted by atomic mass is 16.6. The smallest absolute Gasteiger partial charge is 0.148 e. The molecule has 174 valence electrons. The van der Waals surface area contributed by atoms with Gasteiger partial charge in [-0.15, -0.1) is 0 Å². The summed E-state index contributed by atoms with van der Waals surface area (Å²) in [5.41, 5.74) is 1.21. The van der Waals surface area contributed by atoms with Gasteiger partial charge in [-0.05, 0) is 37.7 Å². The van der Waals surface area contributed by atoms with Crippen molar-refractivity contribution in [3.63, 3.8) is 0 Å². The van der Waals surface area contributed by atoms with Crippen LogP contribution in [-0.2, 0) is 25.6 Å². The van der Waals surface area contributed by atoms with Crippen LogP contribution in [0, 0.1) is 0 Å². The van der Waals surface area contributed by atoms with Crippen LogP contribution in [0.1, 0.15) is 96.0 Å². The van der Waals surface area contributed by atoms with Gasteiger partial charge < -0.3 is 19.0 Å². The van der Waals surface area contributed by atoms with E-state index in [0.29, 0.717) is 6.61 Å². The molecule has 0 spiro atoms. The van der Waals surface area contributed by atoms with Gasteiger partial charge in [-0.3, -0.25) is 0 Å². The predicted molar refractivity (Wildman–Crippen MR) is 124 cm³/mol. The molecule has 0 saturated carbocycles. The van der Waals surface area contributed by atoms with Crippen molar-refractivity contribution in [2.24, 2.45) is 0 Å². The molecule has 0 N–H and O–H groups in total. The van der Waals surface area contributed by atoms with Crippen molar-refractivity contribution >= 4 is 6.29 Å². The van der Waals surface area contributed by atoms with E-state index in [9.17, 15) is 4.79 Å². The number of aldehydes is 1. The fourth-order valence-electron chi connectivity index (χ4n) is 4.93. The van der Waals surface area contributed by atoms with Gasteiger partial charge in [-0.25, -0.2) is 0 Å². The number of unbranched alkanes of at least 4 members (excludes halogenated alkanes) is 7. The molecule has 0 amide bonds. The topological polar surface area (TPSA) is 44.8 Å². The summed E-state index contributed by atoms with van der Waals surface area (Å²) in [6, 6.07) is 10.4. The predicted octanol–water partition coefficient (Wildman–Crippen LogP) is 6.40. The molecule has 1 aromatic rings. The second-order valence-corrected chi connectivity index (χ2v) is 9.32. The van der Waals surface area contributed by atoms with Gasteiger partial charge >= 0.3 is 0 Å². The van der Waals surface area contributed by atoms with E-state index < -0.39 is 0 Å². The third-order valence-electron chi connectivity index (χ3n) is 6.80. The monoisotopic (exact) mass is 430 g/mol. The van der Waals surface area contributed by atoms with Crippen molar-refractivity contribution in [3.8, 4) is 0 Å². The third-order valence-corrected chi connectivity index (χ3v) is 6.80. The molecule has 4 nitrogen and oxygen atoms in total. The van der Waals surface area contributed by atoms with Gasteiger partial charge in [0.1, 0.15) is 12.4 Å². The van der Waals surface area contributed by atoms with Crippen LogP contribution < -0.4 is 0 Å². The number of benzene rings is 1. The molecule has 2 heterocycles. The summed E-state index contributed by atoms with van der Waals surface area (Å²) < 4.78 is 18.7. The Kier molecular flexibility index (Phi) is 11.0. The molecule has 2 aliphatic rings. The van der Waals surface area contributed by atoms with Gasteiger partial charge in [-0.1, -0.05) is 88.6 Å². The molecule has 0 aliphatic carbocycles. The Morgan fingerprint density at radius 1 is 0.903 bits per heavy atom. The van der Waals surface area contributed by atoms with Crippen molar-refractivity contribution in [3.05, 3.63) is 35.9 Å². The van der Waals surface area contributed by atoms with Gasteiger partial charge in [-0.2, -0.15) is 0 Å². The second kappa shape index (κ2) is 14.0. The fourth-order valence-corrected chi connectivity index (χ4v) is 4.93. The molecule has 2 aliphatic heterocycles. The summed E-state index contributed by atoms with van der Waals surface area (Å²) in [7, 11) is 0. The van der Waals surface area contributed by atoms with Crippen LogP contribution in [0.25, 0.3) is 0 Å². The van der Waals surface area contributed by atoms with E-state index in [2.05, 4.69) is 31.2 Å². The van der Waals surface area contributed by atoms with Crippen molar-refractivity contribution in [1.29, 1.82) is 0 Å². The van der Waals surface area contributed by atoms with Gasteiger partial charge in [0.25, 0.3) is 0 Å². The lowest BCUT2D eigenvalue weighted by Crippen LogP contribution is -2.33. The van der Waals surface area contributed by atoms with E-state index in [4.69, 9.17) is 14.2 Å². The summed E-state index contributed by atoms with van der Waals surface area (Å²) in [5.74, 6) is 0. The highest BCUT2D eigenvalue weighted by Crippen LogP contribution is 2.34. The van der Waals surface area contributed by atoms with Crippen molar-refractivity contribution in [2.75, 3.05) is 0 Å². The van der Waals surface area contributed by atoms with E-state index in [1.165, 1.54) is 56.9 Å². The Bertz CT molecular complexity index is 605. The number of carbonyl (C=O) groups is 1. The van der Waals surface area contributed by atoms with E-state index in [0.717, 1.165) is 38.4 Å². The number of ether oxygens (including phenoxy) is 3. The maximum atomic E-state index is 11.0. The number of hydrogen-bond donors (Lipinski definition) is 0. The van der Waals surface area contributed by atoms with Gasteiger partial charge in [0.05, 0.1) is 31.0 Å².